The van der Waals surface area contributed by atoms with E-state index in [0.717, 1.165) is 28.6 Å². The number of hydrogen-bond donors (Lipinski definition) is 1. The number of carbonyl (C=O) groups is 1. The zero-order valence-electron chi connectivity index (χ0n) is 18.8. The third-order valence-corrected chi connectivity index (χ3v) is 5.86. The van der Waals surface area contributed by atoms with Crippen molar-refractivity contribution in [2.75, 3.05) is 18.1 Å². The van der Waals surface area contributed by atoms with Crippen LogP contribution in [0.15, 0.2) is 52.0 Å². The number of amides is 1. The molecule has 0 bridgehead atoms. The van der Waals surface area contributed by atoms with Crippen molar-refractivity contribution >= 4 is 39.3 Å². The number of hydrazone groups is 1. The summed E-state index contributed by atoms with van der Waals surface area (Å²) in [6.45, 7) is 11.9. The van der Waals surface area contributed by atoms with Crippen LogP contribution in [0.1, 0.15) is 50.8 Å². The van der Waals surface area contributed by atoms with Crippen LogP contribution in [0.3, 0.4) is 0 Å². The topological polar surface area (TPSA) is 53.9 Å². The van der Waals surface area contributed by atoms with E-state index in [9.17, 15) is 4.79 Å². The van der Waals surface area contributed by atoms with E-state index in [0.29, 0.717) is 5.75 Å². The van der Waals surface area contributed by atoms with Crippen molar-refractivity contribution in [3.63, 3.8) is 0 Å². The largest absolute Gasteiger partial charge is 0.484 e. The summed E-state index contributed by atoms with van der Waals surface area (Å²) >= 11 is 3.38. The summed E-state index contributed by atoms with van der Waals surface area (Å²) in [5, 5.41) is 4.14. The van der Waals surface area contributed by atoms with Gasteiger partial charge in [0, 0.05) is 22.3 Å². The third kappa shape index (κ3) is 5.56. The summed E-state index contributed by atoms with van der Waals surface area (Å²) < 4.78 is 6.39. The molecule has 0 fully saturated rings. The van der Waals surface area contributed by atoms with Crippen LogP contribution >= 0.6 is 15.9 Å². The molecule has 0 spiro atoms. The summed E-state index contributed by atoms with van der Waals surface area (Å²) in [4.78, 5) is 14.5. The van der Waals surface area contributed by atoms with Crippen molar-refractivity contribution < 1.29 is 9.53 Å². The normalized spacial score (nSPS) is 14.9. The van der Waals surface area contributed by atoms with Crippen LogP contribution < -0.4 is 15.1 Å². The number of ether oxygens (including phenoxy) is 1. The fourth-order valence-electron chi connectivity index (χ4n) is 3.93. The number of hydrogen-bond acceptors (Lipinski definition) is 4. The van der Waals surface area contributed by atoms with Gasteiger partial charge in [-0.3, -0.25) is 4.79 Å². The Balaban J connectivity index is 1.70. The quantitative estimate of drug-likeness (QED) is 0.405. The molecule has 2 aromatic rings. The van der Waals surface area contributed by atoms with Gasteiger partial charge in [0.1, 0.15) is 5.75 Å². The van der Waals surface area contributed by atoms with Gasteiger partial charge in [-0.05, 0) is 81.1 Å². The Morgan fingerprint density at radius 1 is 1.26 bits per heavy atom. The second-order valence-electron chi connectivity index (χ2n) is 8.40. The van der Waals surface area contributed by atoms with Crippen molar-refractivity contribution in [2.45, 2.75) is 46.6 Å². The molecule has 0 saturated carbocycles. The lowest BCUT2D eigenvalue weighted by atomic mass is 9.87. The molecule has 1 aliphatic heterocycles. The molecule has 3 rings (SSSR count). The monoisotopic (exact) mass is 483 g/mol. The number of fused-ring (bicyclic) bond motifs is 1. The minimum atomic E-state index is -0.307. The fraction of sp³-hybridized carbons (Fsp3) is 0.360. The highest BCUT2D eigenvalue weighted by atomic mass is 79.9. The average Bonchev–Trinajstić information content (AvgIpc) is 2.70. The van der Waals surface area contributed by atoms with Crippen LogP contribution in [0.2, 0.25) is 0 Å². The van der Waals surface area contributed by atoms with E-state index in [1.54, 1.807) is 12.3 Å². The number of halogens is 1. The number of aryl methyl sites for hydroxylation is 1. The molecule has 31 heavy (non-hydrogen) atoms. The predicted molar refractivity (Wildman–Crippen MR) is 132 cm³/mol. The molecule has 1 N–H and O–H groups in total. The number of benzene rings is 2. The van der Waals surface area contributed by atoms with E-state index in [1.165, 1.54) is 16.8 Å². The Hall–Kier alpha value is -2.60. The van der Waals surface area contributed by atoms with Gasteiger partial charge in [-0.2, -0.15) is 5.10 Å². The molecule has 5 nitrogen and oxygen atoms in total. The number of nitrogens with zero attached hydrogens (tertiary/aromatic N) is 2. The predicted octanol–water partition coefficient (Wildman–Crippen LogP) is 5.70. The lowest BCUT2D eigenvalue weighted by molar-refractivity contribution is -0.123. The summed E-state index contributed by atoms with van der Waals surface area (Å²) in [5.74, 6) is 0.319. The first kappa shape index (κ1) is 23.1. The van der Waals surface area contributed by atoms with Gasteiger partial charge in [0.05, 0.1) is 11.8 Å². The van der Waals surface area contributed by atoms with E-state index in [1.807, 2.05) is 18.2 Å². The maximum atomic E-state index is 12.1. The van der Waals surface area contributed by atoms with E-state index in [2.05, 4.69) is 84.2 Å². The van der Waals surface area contributed by atoms with Crippen molar-refractivity contribution in [3.05, 3.63) is 63.6 Å². The molecule has 2 aromatic carbocycles. The second-order valence-corrected chi connectivity index (χ2v) is 9.31. The minimum Gasteiger partial charge on any atom is -0.484 e. The summed E-state index contributed by atoms with van der Waals surface area (Å²) in [6.07, 6.45) is 5.11. The van der Waals surface area contributed by atoms with E-state index in [-0.39, 0.29) is 18.1 Å². The van der Waals surface area contributed by atoms with Gasteiger partial charge in [0.2, 0.25) is 0 Å². The van der Waals surface area contributed by atoms with Gasteiger partial charge < -0.3 is 9.64 Å². The first-order valence-corrected chi connectivity index (χ1v) is 11.3. The maximum absolute atomic E-state index is 12.1. The van der Waals surface area contributed by atoms with Crippen LogP contribution in [0.25, 0.3) is 5.57 Å². The SMILES string of the molecule is CCCN1c2cc(C)c(/C=N/NC(=O)COc3cccc(Br)c3)cc2C(C)=CC1(C)C. The zero-order valence-corrected chi connectivity index (χ0v) is 20.4. The highest BCUT2D eigenvalue weighted by Gasteiger charge is 2.31. The lowest BCUT2D eigenvalue weighted by Gasteiger charge is -2.43. The highest BCUT2D eigenvalue weighted by Crippen LogP contribution is 2.40. The molecule has 6 heteroatoms. The Bertz CT molecular complexity index is 1030. The molecule has 1 amide bonds. The first-order valence-electron chi connectivity index (χ1n) is 10.5. The van der Waals surface area contributed by atoms with Gasteiger partial charge in [-0.25, -0.2) is 5.43 Å². The summed E-state index contributed by atoms with van der Waals surface area (Å²) in [6, 6.07) is 11.7. The van der Waals surface area contributed by atoms with Crippen LogP contribution in [0.5, 0.6) is 5.75 Å². The van der Waals surface area contributed by atoms with Crippen molar-refractivity contribution in [1.82, 2.24) is 5.43 Å². The number of rotatable bonds is 7. The molecular weight excluding hydrogens is 454 g/mol. The van der Waals surface area contributed by atoms with Crippen molar-refractivity contribution in [1.29, 1.82) is 0 Å². The molecule has 0 unspecified atom stereocenters. The van der Waals surface area contributed by atoms with Crippen LogP contribution in [-0.2, 0) is 4.79 Å². The molecule has 1 aliphatic rings. The van der Waals surface area contributed by atoms with E-state index >= 15 is 0 Å². The van der Waals surface area contributed by atoms with Crippen LogP contribution in [-0.4, -0.2) is 30.8 Å². The third-order valence-electron chi connectivity index (χ3n) is 5.37. The summed E-state index contributed by atoms with van der Waals surface area (Å²) in [7, 11) is 0. The van der Waals surface area contributed by atoms with Gasteiger partial charge in [-0.1, -0.05) is 35.0 Å². The number of nitrogens with one attached hydrogen (secondary N) is 1. The Morgan fingerprint density at radius 2 is 2.03 bits per heavy atom. The zero-order chi connectivity index (χ0) is 22.6. The smallest absolute Gasteiger partial charge is 0.277 e. The van der Waals surface area contributed by atoms with Crippen LogP contribution in [0, 0.1) is 6.92 Å². The van der Waals surface area contributed by atoms with Gasteiger partial charge in [-0.15, -0.1) is 0 Å². The van der Waals surface area contributed by atoms with Crippen molar-refractivity contribution in [2.24, 2.45) is 5.10 Å². The molecule has 0 saturated heterocycles. The fourth-order valence-corrected chi connectivity index (χ4v) is 4.31. The Labute approximate surface area is 193 Å². The average molecular weight is 484 g/mol. The summed E-state index contributed by atoms with van der Waals surface area (Å²) in [5.41, 5.74) is 8.36. The van der Waals surface area contributed by atoms with Gasteiger partial charge in [0.15, 0.2) is 6.61 Å². The van der Waals surface area contributed by atoms with Crippen LogP contribution in [0.4, 0.5) is 5.69 Å². The molecule has 0 aromatic heterocycles. The standard InChI is InChI=1S/C25H30BrN3O2/c1-6-10-29-23-11-17(2)19(12-22(23)18(3)14-25(29,4)5)15-27-28-24(30)16-31-21-9-7-8-20(26)13-21/h7-9,11-15H,6,10,16H2,1-5H3,(H,28,30)/b27-15+. The number of carbonyl (C=O) groups excluding carboxylic acids is 1. The number of anilines is 1. The molecule has 0 aliphatic carbocycles. The highest BCUT2D eigenvalue weighted by molar-refractivity contribution is 9.10. The lowest BCUT2D eigenvalue weighted by Crippen LogP contribution is -2.45. The van der Waals surface area contributed by atoms with Gasteiger partial charge >= 0.3 is 0 Å². The molecule has 0 atom stereocenters. The van der Waals surface area contributed by atoms with Gasteiger partial charge in [0.25, 0.3) is 5.91 Å². The van der Waals surface area contributed by atoms with Crippen molar-refractivity contribution in [3.8, 4) is 5.75 Å². The minimum absolute atomic E-state index is 0.0164. The molecule has 1 heterocycles. The Kier molecular flexibility index (Phi) is 7.21. The Morgan fingerprint density at radius 3 is 2.74 bits per heavy atom. The van der Waals surface area contributed by atoms with E-state index in [4.69, 9.17) is 4.74 Å². The maximum Gasteiger partial charge on any atom is 0.277 e. The first-order chi connectivity index (χ1) is 14.7. The van der Waals surface area contributed by atoms with E-state index < -0.39 is 0 Å². The molecule has 164 valence electrons. The molecule has 0 radical (unpaired) electrons. The second kappa shape index (κ2) is 9.69. The molecular formula is C25H30BrN3O2. The number of allylic oxidation sites excluding steroid dienone is 1.